The van der Waals surface area contributed by atoms with Crippen LogP contribution in [0.2, 0.25) is 0 Å². The van der Waals surface area contributed by atoms with Crippen molar-refractivity contribution in [2.45, 2.75) is 36.7 Å². The molecule has 11 heteroatoms. The van der Waals surface area contributed by atoms with Crippen molar-refractivity contribution >= 4 is 10.0 Å². The molecular formula is C30H35N5O5S. The molecule has 2 aromatic carbocycles. The minimum absolute atomic E-state index is 0.0387. The molecule has 1 aromatic heterocycles. The van der Waals surface area contributed by atoms with Gasteiger partial charge in [0.2, 0.25) is 10.0 Å². The monoisotopic (exact) mass is 577 g/mol. The maximum atomic E-state index is 13.5. The van der Waals surface area contributed by atoms with E-state index in [1.165, 1.54) is 11.4 Å². The van der Waals surface area contributed by atoms with Gasteiger partial charge in [0, 0.05) is 50.7 Å². The first-order valence-corrected chi connectivity index (χ1v) is 15.3. The number of hydrogen-bond acceptors (Lipinski definition) is 9. The summed E-state index contributed by atoms with van der Waals surface area (Å²) in [5, 5.41) is 9.76. The van der Waals surface area contributed by atoms with Gasteiger partial charge in [0.1, 0.15) is 34.4 Å². The second-order valence-electron chi connectivity index (χ2n) is 10.3. The zero-order valence-electron chi connectivity index (χ0n) is 23.5. The van der Waals surface area contributed by atoms with E-state index in [0.29, 0.717) is 67.8 Å². The Morgan fingerprint density at radius 3 is 2.66 bits per heavy atom. The topological polar surface area (TPSA) is 118 Å². The lowest BCUT2D eigenvalue weighted by Crippen LogP contribution is -2.34. The Kier molecular flexibility index (Phi) is 9.15. The molecule has 0 bridgehead atoms. The second kappa shape index (κ2) is 13.0. The Morgan fingerprint density at radius 2 is 1.88 bits per heavy atom. The van der Waals surface area contributed by atoms with E-state index in [0.717, 1.165) is 36.9 Å². The summed E-state index contributed by atoms with van der Waals surface area (Å²) in [5.41, 5.74) is 2.74. The van der Waals surface area contributed by atoms with Crippen molar-refractivity contribution in [1.29, 1.82) is 5.26 Å². The van der Waals surface area contributed by atoms with Crippen LogP contribution in [0, 0.1) is 11.3 Å². The van der Waals surface area contributed by atoms with E-state index >= 15 is 0 Å². The number of ether oxygens (including phenoxy) is 3. The Labute approximate surface area is 241 Å². The van der Waals surface area contributed by atoms with Crippen LogP contribution in [-0.2, 0) is 21.2 Å². The summed E-state index contributed by atoms with van der Waals surface area (Å²) in [7, 11) is -0.213. The maximum Gasteiger partial charge on any atom is 0.246 e. The number of methoxy groups -OCH3 is 1. The number of nitriles is 1. The Bertz CT molecular complexity index is 1520. The Hall–Kier alpha value is -3.56. The molecule has 5 rings (SSSR count). The first-order chi connectivity index (χ1) is 19.9. The van der Waals surface area contributed by atoms with E-state index in [1.54, 1.807) is 36.5 Å². The van der Waals surface area contributed by atoms with Crippen molar-refractivity contribution in [2.75, 3.05) is 53.6 Å². The van der Waals surface area contributed by atoms with Gasteiger partial charge in [0.05, 0.1) is 31.6 Å². The molecular weight excluding hydrogens is 542 g/mol. The van der Waals surface area contributed by atoms with Crippen LogP contribution in [0.5, 0.6) is 11.5 Å². The van der Waals surface area contributed by atoms with Gasteiger partial charge in [-0.1, -0.05) is 6.07 Å². The minimum Gasteiger partial charge on any atom is -0.495 e. The smallest absolute Gasteiger partial charge is 0.246 e. The summed E-state index contributed by atoms with van der Waals surface area (Å²) in [5.74, 6) is 1.43. The zero-order chi connectivity index (χ0) is 28.8. The van der Waals surface area contributed by atoms with Crippen LogP contribution in [-0.4, -0.2) is 87.2 Å². The highest BCUT2D eigenvalue weighted by Gasteiger charge is 2.29. The molecule has 0 aliphatic carbocycles. The highest BCUT2D eigenvalue weighted by Crippen LogP contribution is 2.30. The number of aromatic nitrogens is 2. The van der Waals surface area contributed by atoms with Crippen molar-refractivity contribution in [1.82, 2.24) is 19.2 Å². The van der Waals surface area contributed by atoms with Gasteiger partial charge in [-0.15, -0.1) is 0 Å². The fourth-order valence-corrected chi connectivity index (χ4v) is 6.72. The van der Waals surface area contributed by atoms with Crippen molar-refractivity contribution in [3.63, 3.8) is 0 Å². The number of nitrogens with zero attached hydrogens (tertiary/aromatic N) is 5. The number of rotatable bonds is 8. The summed E-state index contributed by atoms with van der Waals surface area (Å²) in [4.78, 5) is 11.5. The fraction of sp³-hybridized carbons (Fsp3) is 0.433. The number of likely N-dealkylation sites (N-methyl/N-ethyl adjacent to an activating group) is 1. The first-order valence-electron chi connectivity index (χ1n) is 13.8. The average molecular weight is 578 g/mol. The third kappa shape index (κ3) is 6.85. The van der Waals surface area contributed by atoms with Crippen molar-refractivity contribution < 1.29 is 22.6 Å². The van der Waals surface area contributed by atoms with E-state index in [-0.39, 0.29) is 11.0 Å². The Balaban J connectivity index is 1.34. The third-order valence-electron chi connectivity index (χ3n) is 7.45. The lowest BCUT2D eigenvalue weighted by molar-refractivity contribution is 0.0254. The molecule has 0 unspecified atom stereocenters. The lowest BCUT2D eigenvalue weighted by Gasteiger charge is -2.23. The molecule has 0 spiro atoms. The molecule has 41 heavy (non-hydrogen) atoms. The predicted octanol–water partition coefficient (Wildman–Crippen LogP) is 3.50. The molecule has 0 radical (unpaired) electrons. The van der Waals surface area contributed by atoms with E-state index < -0.39 is 10.0 Å². The lowest BCUT2D eigenvalue weighted by atomic mass is 10.1. The molecule has 0 atom stereocenters. The number of benzene rings is 2. The summed E-state index contributed by atoms with van der Waals surface area (Å²) in [6, 6.07) is 14.7. The molecule has 0 saturated carbocycles. The minimum atomic E-state index is -3.70. The average Bonchev–Trinajstić information content (AvgIpc) is 3.22. The molecule has 2 aliphatic heterocycles. The quantitative estimate of drug-likeness (QED) is 0.396. The highest BCUT2D eigenvalue weighted by atomic mass is 32.2. The van der Waals surface area contributed by atoms with Crippen LogP contribution in [0.15, 0.2) is 53.6 Å². The van der Waals surface area contributed by atoms with Gasteiger partial charge in [-0.05, 0) is 62.0 Å². The molecule has 3 aromatic rings. The molecule has 2 fully saturated rings. The maximum absolute atomic E-state index is 13.5. The van der Waals surface area contributed by atoms with Crippen LogP contribution in [0.4, 0.5) is 0 Å². The van der Waals surface area contributed by atoms with Crippen LogP contribution in [0.3, 0.4) is 0 Å². The molecule has 0 amide bonds. The molecule has 10 nitrogen and oxygen atoms in total. The predicted molar refractivity (Wildman–Crippen MR) is 153 cm³/mol. The van der Waals surface area contributed by atoms with Gasteiger partial charge in [-0.25, -0.2) is 18.4 Å². The van der Waals surface area contributed by atoms with Gasteiger partial charge < -0.3 is 19.1 Å². The van der Waals surface area contributed by atoms with Crippen LogP contribution in [0.1, 0.15) is 36.2 Å². The van der Waals surface area contributed by atoms with Gasteiger partial charge in [-0.3, -0.25) is 0 Å². The van der Waals surface area contributed by atoms with Crippen molar-refractivity contribution in [2.24, 2.45) is 0 Å². The van der Waals surface area contributed by atoms with E-state index in [1.807, 2.05) is 19.2 Å². The summed E-state index contributed by atoms with van der Waals surface area (Å²) < 4.78 is 45.4. The summed E-state index contributed by atoms with van der Waals surface area (Å²) in [6.45, 7) is 3.81. The van der Waals surface area contributed by atoms with Crippen molar-refractivity contribution in [3.05, 3.63) is 65.6 Å². The standard InChI is InChI=1S/C30H35N5O5S/c1-34-12-3-13-35(15-14-34)41(36,37)29-7-4-22(18-28(29)38-2)19-30-32-11-8-26(33-30)23-5-6-27(24(20-23)21-31)40-25-9-16-39-17-10-25/h4-8,11,18,20,25H,3,9-10,12-17,19H2,1-2H3. The summed E-state index contributed by atoms with van der Waals surface area (Å²) in [6.07, 6.45) is 4.49. The first kappa shape index (κ1) is 29.0. The fourth-order valence-electron chi connectivity index (χ4n) is 5.12. The molecule has 2 saturated heterocycles. The zero-order valence-corrected chi connectivity index (χ0v) is 24.3. The molecule has 0 N–H and O–H groups in total. The molecule has 3 heterocycles. The van der Waals surface area contributed by atoms with Gasteiger partial charge in [0.15, 0.2) is 0 Å². The Morgan fingerprint density at radius 1 is 1.05 bits per heavy atom. The summed E-state index contributed by atoms with van der Waals surface area (Å²) >= 11 is 0. The molecule has 2 aliphatic rings. The third-order valence-corrected chi connectivity index (χ3v) is 9.39. The number of hydrogen-bond donors (Lipinski definition) is 0. The molecule has 216 valence electrons. The van der Waals surface area contributed by atoms with Crippen LogP contribution < -0.4 is 9.47 Å². The van der Waals surface area contributed by atoms with Crippen LogP contribution >= 0.6 is 0 Å². The second-order valence-corrected chi connectivity index (χ2v) is 12.2. The van der Waals surface area contributed by atoms with Gasteiger partial charge in [0.25, 0.3) is 0 Å². The normalized spacial score (nSPS) is 17.5. The highest BCUT2D eigenvalue weighted by molar-refractivity contribution is 7.89. The van der Waals surface area contributed by atoms with E-state index in [2.05, 4.69) is 16.0 Å². The van der Waals surface area contributed by atoms with Crippen LogP contribution in [0.25, 0.3) is 11.3 Å². The van der Waals surface area contributed by atoms with E-state index in [4.69, 9.17) is 19.2 Å². The van der Waals surface area contributed by atoms with Gasteiger partial charge in [-0.2, -0.15) is 9.57 Å². The largest absolute Gasteiger partial charge is 0.495 e. The SMILES string of the molecule is COc1cc(Cc2nccc(-c3ccc(OC4CCOCC4)c(C#N)c3)n2)ccc1S(=O)(=O)N1CCCN(C)CC1. The van der Waals surface area contributed by atoms with Gasteiger partial charge >= 0.3 is 0 Å². The number of sulfonamides is 1. The van der Waals surface area contributed by atoms with E-state index in [9.17, 15) is 13.7 Å². The van der Waals surface area contributed by atoms with Crippen molar-refractivity contribution in [3.8, 4) is 28.8 Å².